The molecular formula is C47H28N2O2. The third-order valence-corrected chi connectivity index (χ3v) is 10.2. The van der Waals surface area contributed by atoms with Crippen molar-refractivity contribution >= 4 is 65.7 Å². The Morgan fingerprint density at radius 2 is 0.902 bits per heavy atom. The monoisotopic (exact) mass is 652 g/mol. The van der Waals surface area contributed by atoms with Gasteiger partial charge in [0.25, 0.3) is 0 Å². The quantitative estimate of drug-likeness (QED) is 0.190. The summed E-state index contributed by atoms with van der Waals surface area (Å²) in [6, 6.07) is 59.2. The fourth-order valence-corrected chi connectivity index (χ4v) is 7.90. The maximum atomic E-state index is 6.82. The first-order valence-corrected chi connectivity index (χ1v) is 17.2. The van der Waals surface area contributed by atoms with Crippen molar-refractivity contribution in [2.75, 3.05) is 0 Å². The number of furan rings is 2. The van der Waals surface area contributed by atoms with Gasteiger partial charge in [-0.1, -0.05) is 127 Å². The molecular weight excluding hydrogens is 625 g/mol. The van der Waals surface area contributed by atoms with E-state index in [-0.39, 0.29) is 0 Å². The van der Waals surface area contributed by atoms with Crippen LogP contribution >= 0.6 is 0 Å². The minimum Gasteiger partial charge on any atom is -0.455 e. The predicted octanol–water partition coefficient (Wildman–Crippen LogP) is 13.0. The summed E-state index contributed by atoms with van der Waals surface area (Å²) in [5.74, 6) is 0. The van der Waals surface area contributed by atoms with Gasteiger partial charge in [0.2, 0.25) is 0 Å². The summed E-state index contributed by atoms with van der Waals surface area (Å²) < 4.78 is 15.9. The molecule has 0 aliphatic heterocycles. The zero-order valence-corrected chi connectivity index (χ0v) is 27.4. The number of pyridine rings is 1. The Balaban J connectivity index is 1.17. The number of hydrogen-bond donors (Lipinski definition) is 0. The minimum atomic E-state index is 0.861. The fraction of sp³-hybridized carbons (Fsp3) is 0. The number of para-hydroxylation sites is 3. The summed E-state index contributed by atoms with van der Waals surface area (Å²) in [6.07, 6.45) is 0. The van der Waals surface area contributed by atoms with E-state index >= 15 is 0 Å². The molecule has 51 heavy (non-hydrogen) atoms. The molecule has 4 nitrogen and oxygen atoms in total. The number of nitrogens with zero attached hydrogens (tertiary/aromatic N) is 2. The SMILES string of the molecule is c1ccc(-c2cc(-c3ccc(-n4c5ccccc5c5c6oc7ccccc7c6c6c7ccccc7oc6c54)cc3)cc(-c3ccccc3)n2)cc1. The second-order valence-electron chi connectivity index (χ2n) is 13.1. The molecule has 0 bridgehead atoms. The van der Waals surface area contributed by atoms with Crippen LogP contribution in [0.5, 0.6) is 0 Å². The van der Waals surface area contributed by atoms with E-state index in [1.54, 1.807) is 0 Å². The molecule has 4 aromatic heterocycles. The second kappa shape index (κ2) is 10.8. The lowest BCUT2D eigenvalue weighted by Crippen LogP contribution is -1.95. The average molecular weight is 653 g/mol. The number of benzene rings is 7. The van der Waals surface area contributed by atoms with E-state index in [1.165, 1.54) is 0 Å². The van der Waals surface area contributed by atoms with Crippen molar-refractivity contribution in [1.82, 2.24) is 9.55 Å². The van der Waals surface area contributed by atoms with Gasteiger partial charge < -0.3 is 13.4 Å². The molecule has 0 aliphatic carbocycles. The highest BCUT2D eigenvalue weighted by atomic mass is 16.3. The largest absolute Gasteiger partial charge is 0.455 e. The van der Waals surface area contributed by atoms with Crippen molar-refractivity contribution in [3.8, 4) is 39.3 Å². The standard InChI is InChI=1S/C47H28N2O2/c1-3-13-30(14-4-1)37-27-32(28-38(48-37)31-15-5-2-6-16-31)29-23-25-33(26-24-29)49-39-20-10-7-17-34(39)44-45(49)47-43(36-19-9-12-22-41(36)51-47)42-35-18-8-11-21-40(35)50-46(42)44/h1-28H. The van der Waals surface area contributed by atoms with Gasteiger partial charge in [0.05, 0.1) is 22.3 Å². The van der Waals surface area contributed by atoms with Gasteiger partial charge in [-0.15, -0.1) is 0 Å². The minimum absolute atomic E-state index is 0.861. The summed E-state index contributed by atoms with van der Waals surface area (Å²) in [6.45, 7) is 0. The Labute approximate surface area is 292 Å². The molecule has 4 heterocycles. The Morgan fingerprint density at radius 1 is 0.392 bits per heavy atom. The molecule has 0 aliphatic rings. The number of fused-ring (bicyclic) bond motifs is 12. The van der Waals surface area contributed by atoms with Crippen molar-refractivity contribution in [1.29, 1.82) is 0 Å². The molecule has 4 heteroatoms. The van der Waals surface area contributed by atoms with Crippen LogP contribution in [-0.4, -0.2) is 9.55 Å². The van der Waals surface area contributed by atoms with Crippen LogP contribution in [-0.2, 0) is 0 Å². The summed E-state index contributed by atoms with van der Waals surface area (Å²) in [5, 5.41) is 6.53. The van der Waals surface area contributed by atoms with E-state index in [1.807, 2.05) is 24.3 Å². The highest BCUT2D eigenvalue weighted by Gasteiger charge is 2.26. The van der Waals surface area contributed by atoms with Gasteiger partial charge in [-0.2, -0.15) is 0 Å². The number of rotatable bonds is 4. The highest BCUT2D eigenvalue weighted by Crippen LogP contribution is 2.48. The van der Waals surface area contributed by atoms with Gasteiger partial charge in [0.1, 0.15) is 22.3 Å². The zero-order valence-electron chi connectivity index (χ0n) is 27.4. The van der Waals surface area contributed by atoms with E-state index in [4.69, 9.17) is 13.8 Å². The summed E-state index contributed by atoms with van der Waals surface area (Å²) in [5.41, 5.74) is 12.9. The van der Waals surface area contributed by atoms with Crippen LogP contribution in [0.2, 0.25) is 0 Å². The lowest BCUT2D eigenvalue weighted by Gasteiger charge is -2.12. The van der Waals surface area contributed by atoms with Crippen molar-refractivity contribution in [2.24, 2.45) is 0 Å². The average Bonchev–Trinajstić information content (AvgIpc) is 3.88. The first-order chi connectivity index (χ1) is 25.3. The second-order valence-corrected chi connectivity index (χ2v) is 13.1. The van der Waals surface area contributed by atoms with Crippen molar-refractivity contribution in [3.63, 3.8) is 0 Å². The molecule has 0 saturated heterocycles. The maximum Gasteiger partial charge on any atom is 0.160 e. The molecule has 0 N–H and O–H groups in total. The highest BCUT2D eigenvalue weighted by molar-refractivity contribution is 6.38. The summed E-state index contributed by atoms with van der Waals surface area (Å²) in [4.78, 5) is 5.09. The van der Waals surface area contributed by atoms with Crippen LogP contribution in [0.4, 0.5) is 0 Å². The number of aromatic nitrogens is 2. The summed E-state index contributed by atoms with van der Waals surface area (Å²) >= 11 is 0. The van der Waals surface area contributed by atoms with Gasteiger partial charge in [-0.05, 0) is 53.6 Å². The third kappa shape index (κ3) is 4.17. The van der Waals surface area contributed by atoms with Crippen molar-refractivity contribution in [3.05, 3.63) is 170 Å². The van der Waals surface area contributed by atoms with E-state index in [0.717, 1.165) is 105 Å². The third-order valence-electron chi connectivity index (χ3n) is 10.2. The Bertz CT molecular complexity index is 3060. The van der Waals surface area contributed by atoms with Crippen LogP contribution in [0.15, 0.2) is 179 Å². The first kappa shape index (κ1) is 28.0. The molecule has 0 fully saturated rings. The van der Waals surface area contributed by atoms with E-state index in [0.29, 0.717) is 0 Å². The van der Waals surface area contributed by atoms with Crippen LogP contribution in [0.25, 0.3) is 105 Å². The molecule has 238 valence electrons. The Hall–Kier alpha value is -6.91. The van der Waals surface area contributed by atoms with Crippen molar-refractivity contribution in [2.45, 2.75) is 0 Å². The number of hydrogen-bond acceptors (Lipinski definition) is 3. The van der Waals surface area contributed by atoms with Crippen LogP contribution < -0.4 is 0 Å². The lowest BCUT2D eigenvalue weighted by atomic mass is 9.99. The molecule has 0 radical (unpaired) electrons. The normalized spacial score (nSPS) is 11.9. The van der Waals surface area contributed by atoms with Gasteiger partial charge in [0, 0.05) is 43.7 Å². The molecule has 0 atom stereocenters. The molecule has 7 aromatic carbocycles. The van der Waals surface area contributed by atoms with Crippen molar-refractivity contribution < 1.29 is 8.83 Å². The van der Waals surface area contributed by atoms with Crippen LogP contribution in [0, 0.1) is 0 Å². The van der Waals surface area contributed by atoms with Gasteiger partial charge in [0.15, 0.2) is 5.58 Å². The molecule has 11 aromatic rings. The molecule has 0 spiro atoms. The maximum absolute atomic E-state index is 6.82. The van der Waals surface area contributed by atoms with E-state index in [9.17, 15) is 0 Å². The topological polar surface area (TPSA) is 44.1 Å². The molecule has 0 unspecified atom stereocenters. The van der Waals surface area contributed by atoms with Gasteiger partial charge in [-0.25, -0.2) is 4.98 Å². The first-order valence-electron chi connectivity index (χ1n) is 17.2. The fourth-order valence-electron chi connectivity index (χ4n) is 7.90. The predicted molar refractivity (Wildman–Crippen MR) is 209 cm³/mol. The van der Waals surface area contributed by atoms with Gasteiger partial charge >= 0.3 is 0 Å². The molecule has 11 rings (SSSR count). The Morgan fingerprint density at radius 3 is 1.53 bits per heavy atom. The van der Waals surface area contributed by atoms with Crippen LogP contribution in [0.3, 0.4) is 0 Å². The Kier molecular flexibility index (Phi) is 5.92. The van der Waals surface area contributed by atoms with E-state index < -0.39 is 0 Å². The summed E-state index contributed by atoms with van der Waals surface area (Å²) in [7, 11) is 0. The van der Waals surface area contributed by atoms with Gasteiger partial charge in [-0.3, -0.25) is 0 Å². The molecule has 0 saturated carbocycles. The lowest BCUT2D eigenvalue weighted by molar-refractivity contribution is 0.667. The van der Waals surface area contributed by atoms with E-state index in [2.05, 4.69) is 150 Å². The molecule has 0 amide bonds. The zero-order chi connectivity index (χ0) is 33.5. The smallest absolute Gasteiger partial charge is 0.160 e. The van der Waals surface area contributed by atoms with Crippen LogP contribution in [0.1, 0.15) is 0 Å².